The molecule has 0 unspecified atom stereocenters. The molecule has 0 N–H and O–H groups in total. The second kappa shape index (κ2) is 2.68. The van der Waals surface area contributed by atoms with Gasteiger partial charge in [0.05, 0.1) is 0 Å². The molecule has 0 bridgehead atoms. The summed E-state index contributed by atoms with van der Waals surface area (Å²) in [5, 5.41) is 0. The van der Waals surface area contributed by atoms with Crippen molar-refractivity contribution >= 4 is 0 Å². The van der Waals surface area contributed by atoms with E-state index in [-0.39, 0.29) is 0 Å². The third kappa shape index (κ3) is 1.67. The zero-order valence-corrected chi connectivity index (χ0v) is 6.23. The lowest BCUT2D eigenvalue weighted by Gasteiger charge is -2.27. The van der Waals surface area contributed by atoms with Crippen LogP contribution in [0.25, 0.3) is 0 Å². The van der Waals surface area contributed by atoms with Gasteiger partial charge in [-0.25, -0.2) is 4.39 Å². The Morgan fingerprint density at radius 2 is 1.78 bits per heavy atom. The molecule has 3 atom stereocenters. The molecule has 0 aromatic carbocycles. The van der Waals surface area contributed by atoms with E-state index >= 15 is 0 Å². The highest BCUT2D eigenvalue weighted by atomic mass is 19.1. The molecular weight excluding hydrogens is 115 g/mol. The molecule has 1 saturated carbocycles. The third-order valence-electron chi connectivity index (χ3n) is 2.53. The average Bonchev–Trinajstić information content (AvgIpc) is 1.80. The Kier molecular flexibility index (Phi) is 2.09. The highest BCUT2D eigenvalue weighted by Crippen LogP contribution is 2.30. The molecule has 54 valence electrons. The Morgan fingerprint density at radius 1 is 1.11 bits per heavy atom. The second-order valence-corrected chi connectivity index (χ2v) is 3.36. The minimum Gasteiger partial charge on any atom is -0.247 e. The Hall–Kier alpha value is -0.0700. The zero-order valence-electron chi connectivity index (χ0n) is 6.23. The van der Waals surface area contributed by atoms with Crippen molar-refractivity contribution in [2.24, 2.45) is 11.8 Å². The molecule has 0 aromatic rings. The summed E-state index contributed by atoms with van der Waals surface area (Å²) in [6.45, 7) is 4.37. The van der Waals surface area contributed by atoms with E-state index in [2.05, 4.69) is 13.8 Å². The van der Waals surface area contributed by atoms with Gasteiger partial charge in [0.2, 0.25) is 0 Å². The molecule has 1 aliphatic rings. The van der Waals surface area contributed by atoms with Gasteiger partial charge in [0.1, 0.15) is 6.17 Å². The maximum absolute atomic E-state index is 12.6. The van der Waals surface area contributed by atoms with Gasteiger partial charge in [-0.2, -0.15) is 0 Å². The van der Waals surface area contributed by atoms with E-state index in [1.807, 2.05) is 0 Å². The van der Waals surface area contributed by atoms with E-state index in [4.69, 9.17) is 0 Å². The van der Waals surface area contributed by atoms with Crippen molar-refractivity contribution in [2.45, 2.75) is 39.3 Å². The van der Waals surface area contributed by atoms with E-state index < -0.39 is 6.17 Å². The van der Waals surface area contributed by atoms with Crippen molar-refractivity contribution in [3.8, 4) is 0 Å². The first-order chi connectivity index (χ1) is 4.20. The summed E-state index contributed by atoms with van der Waals surface area (Å²) < 4.78 is 12.6. The van der Waals surface area contributed by atoms with Crippen LogP contribution in [-0.2, 0) is 0 Å². The van der Waals surface area contributed by atoms with Crippen molar-refractivity contribution in [3.05, 3.63) is 0 Å². The molecule has 0 aromatic heterocycles. The van der Waals surface area contributed by atoms with Gasteiger partial charge in [0.25, 0.3) is 0 Å². The van der Waals surface area contributed by atoms with Gasteiger partial charge >= 0.3 is 0 Å². The molecule has 1 fully saturated rings. The minimum atomic E-state index is -0.504. The van der Waals surface area contributed by atoms with Crippen LogP contribution in [0.2, 0.25) is 0 Å². The standard InChI is InChI=1S/C8H15F/c1-6-3-4-8(9)5-7(6)2/h6-8H,3-5H2,1-2H3/t6-,7-,8-/m1/s1. The zero-order chi connectivity index (χ0) is 6.85. The first-order valence-corrected chi connectivity index (χ1v) is 3.84. The van der Waals surface area contributed by atoms with Gasteiger partial charge in [-0.1, -0.05) is 13.8 Å². The predicted octanol–water partition coefficient (Wildman–Crippen LogP) is 2.78. The first-order valence-electron chi connectivity index (χ1n) is 3.84. The summed E-state index contributed by atoms with van der Waals surface area (Å²) >= 11 is 0. The van der Waals surface area contributed by atoms with Gasteiger partial charge < -0.3 is 0 Å². The van der Waals surface area contributed by atoms with Crippen LogP contribution in [0.3, 0.4) is 0 Å². The van der Waals surface area contributed by atoms with Crippen molar-refractivity contribution in [3.63, 3.8) is 0 Å². The molecule has 0 spiro atoms. The van der Waals surface area contributed by atoms with Crippen LogP contribution in [0.5, 0.6) is 0 Å². The fraction of sp³-hybridized carbons (Fsp3) is 1.00. The molecule has 0 radical (unpaired) electrons. The van der Waals surface area contributed by atoms with Gasteiger partial charge in [-0.15, -0.1) is 0 Å². The van der Waals surface area contributed by atoms with Crippen LogP contribution in [0, 0.1) is 11.8 Å². The smallest absolute Gasteiger partial charge is 0.100 e. The Labute approximate surface area is 56.5 Å². The van der Waals surface area contributed by atoms with Crippen molar-refractivity contribution in [1.82, 2.24) is 0 Å². The van der Waals surface area contributed by atoms with E-state index in [1.165, 1.54) is 0 Å². The molecular formula is C8H15F. The number of hydrogen-bond acceptors (Lipinski definition) is 0. The second-order valence-electron chi connectivity index (χ2n) is 3.36. The minimum absolute atomic E-state index is 0.504. The highest BCUT2D eigenvalue weighted by Gasteiger charge is 2.23. The number of alkyl halides is 1. The molecule has 0 saturated heterocycles. The lowest BCUT2D eigenvalue weighted by atomic mass is 9.81. The quantitative estimate of drug-likeness (QED) is 0.473. The SMILES string of the molecule is C[C@@H]1CC[C@@H](F)C[C@H]1C. The van der Waals surface area contributed by atoms with Crippen molar-refractivity contribution < 1.29 is 4.39 Å². The maximum atomic E-state index is 12.6. The Morgan fingerprint density at radius 3 is 2.22 bits per heavy atom. The topological polar surface area (TPSA) is 0 Å². The van der Waals surface area contributed by atoms with Gasteiger partial charge in [0.15, 0.2) is 0 Å². The van der Waals surface area contributed by atoms with E-state index in [0.29, 0.717) is 5.92 Å². The number of rotatable bonds is 0. The molecule has 0 heterocycles. The molecule has 0 aliphatic heterocycles. The lowest BCUT2D eigenvalue weighted by Crippen LogP contribution is -2.21. The monoisotopic (exact) mass is 130 g/mol. The summed E-state index contributed by atoms with van der Waals surface area (Å²) in [7, 11) is 0. The number of halogens is 1. The molecule has 0 nitrogen and oxygen atoms in total. The Balaban J connectivity index is 2.35. The molecule has 0 amide bonds. The highest BCUT2D eigenvalue weighted by molar-refractivity contribution is 4.74. The van der Waals surface area contributed by atoms with Crippen LogP contribution >= 0.6 is 0 Å². The summed E-state index contributed by atoms with van der Waals surface area (Å²) in [4.78, 5) is 0. The van der Waals surface area contributed by atoms with E-state index in [9.17, 15) is 4.39 Å². The van der Waals surface area contributed by atoms with Crippen LogP contribution < -0.4 is 0 Å². The molecule has 1 rings (SSSR count). The summed E-state index contributed by atoms with van der Waals surface area (Å²) in [5.74, 6) is 1.35. The van der Waals surface area contributed by atoms with Crippen LogP contribution in [0.15, 0.2) is 0 Å². The predicted molar refractivity (Wildman–Crippen MR) is 37.1 cm³/mol. The lowest BCUT2D eigenvalue weighted by molar-refractivity contribution is 0.161. The third-order valence-corrected chi connectivity index (χ3v) is 2.53. The fourth-order valence-corrected chi connectivity index (χ4v) is 1.48. The maximum Gasteiger partial charge on any atom is 0.100 e. The molecule has 1 aliphatic carbocycles. The average molecular weight is 130 g/mol. The normalized spacial score (nSPS) is 45.0. The largest absolute Gasteiger partial charge is 0.247 e. The molecule has 1 heteroatoms. The first kappa shape index (κ1) is 7.04. The van der Waals surface area contributed by atoms with Crippen LogP contribution in [-0.4, -0.2) is 6.17 Å². The van der Waals surface area contributed by atoms with Gasteiger partial charge in [-0.3, -0.25) is 0 Å². The number of hydrogen-bond donors (Lipinski definition) is 0. The van der Waals surface area contributed by atoms with Crippen LogP contribution in [0.1, 0.15) is 33.1 Å². The summed E-state index contributed by atoms with van der Waals surface area (Å²) in [5.41, 5.74) is 0. The van der Waals surface area contributed by atoms with Gasteiger partial charge in [0, 0.05) is 0 Å². The fourth-order valence-electron chi connectivity index (χ4n) is 1.48. The van der Waals surface area contributed by atoms with Crippen LogP contribution in [0.4, 0.5) is 4.39 Å². The van der Waals surface area contributed by atoms with Crippen molar-refractivity contribution in [2.75, 3.05) is 0 Å². The summed E-state index contributed by atoms with van der Waals surface area (Å²) in [6.07, 6.45) is 2.17. The summed E-state index contributed by atoms with van der Waals surface area (Å²) in [6, 6.07) is 0. The van der Waals surface area contributed by atoms with E-state index in [0.717, 1.165) is 25.2 Å². The molecule has 9 heavy (non-hydrogen) atoms. The van der Waals surface area contributed by atoms with E-state index in [1.54, 1.807) is 0 Å². The van der Waals surface area contributed by atoms with Gasteiger partial charge in [-0.05, 0) is 31.1 Å². The van der Waals surface area contributed by atoms with Crippen molar-refractivity contribution in [1.29, 1.82) is 0 Å². The Bertz CT molecular complexity index is 90.6.